The molecule has 5 nitrogen and oxygen atoms in total. The Labute approximate surface area is 124 Å². The van der Waals surface area contributed by atoms with Crippen molar-refractivity contribution in [3.8, 4) is 0 Å². The summed E-state index contributed by atoms with van der Waals surface area (Å²) in [4.78, 5) is 22.9. The quantitative estimate of drug-likeness (QED) is 0.710. The number of halogens is 1. The second-order valence-corrected chi connectivity index (χ2v) is 5.85. The van der Waals surface area contributed by atoms with Crippen molar-refractivity contribution in [3.63, 3.8) is 0 Å². The molecular formula is C13H15IN2O3. The molecule has 0 aliphatic heterocycles. The van der Waals surface area contributed by atoms with Crippen LogP contribution in [0.1, 0.15) is 30.1 Å². The Hall–Kier alpha value is -1.31. The predicted octanol–water partition coefficient (Wildman–Crippen LogP) is 2.91. The smallest absolute Gasteiger partial charge is 0.337 e. The molecule has 2 rings (SSSR count). The molecule has 1 aromatic rings. The van der Waals surface area contributed by atoms with Crippen LogP contribution in [0.5, 0.6) is 0 Å². The Balaban J connectivity index is 2.02. The molecule has 6 heteroatoms. The highest BCUT2D eigenvalue weighted by Crippen LogP contribution is 2.33. The highest BCUT2D eigenvalue weighted by molar-refractivity contribution is 14.1. The highest BCUT2D eigenvalue weighted by atomic mass is 127. The summed E-state index contributed by atoms with van der Waals surface area (Å²) >= 11 is 2.04. The SMILES string of the molecule is CCC1CC1NC(=O)Nc1ccc(I)cc1C(=O)O. The first kappa shape index (κ1) is 14.1. The van der Waals surface area contributed by atoms with Crippen LogP contribution >= 0.6 is 22.6 Å². The third kappa shape index (κ3) is 3.59. The van der Waals surface area contributed by atoms with Gasteiger partial charge in [-0.3, -0.25) is 0 Å². The minimum Gasteiger partial charge on any atom is -0.478 e. The first-order valence-electron chi connectivity index (χ1n) is 6.11. The fraction of sp³-hybridized carbons (Fsp3) is 0.385. The van der Waals surface area contributed by atoms with Gasteiger partial charge in [-0.05, 0) is 53.1 Å². The van der Waals surface area contributed by atoms with Gasteiger partial charge in [-0.15, -0.1) is 0 Å². The minimum atomic E-state index is -1.05. The molecule has 102 valence electrons. The number of rotatable bonds is 4. The molecular weight excluding hydrogens is 359 g/mol. The summed E-state index contributed by atoms with van der Waals surface area (Å²) in [5.74, 6) is -0.493. The summed E-state index contributed by atoms with van der Waals surface area (Å²) in [7, 11) is 0. The normalized spacial score (nSPS) is 20.7. The number of aromatic carboxylic acids is 1. The van der Waals surface area contributed by atoms with Crippen molar-refractivity contribution >= 4 is 40.3 Å². The average Bonchev–Trinajstić information content (AvgIpc) is 3.09. The zero-order valence-electron chi connectivity index (χ0n) is 10.4. The summed E-state index contributed by atoms with van der Waals surface area (Å²) in [6.07, 6.45) is 2.05. The van der Waals surface area contributed by atoms with Crippen LogP contribution in [-0.2, 0) is 0 Å². The van der Waals surface area contributed by atoms with E-state index in [-0.39, 0.29) is 17.6 Å². The number of carboxylic acid groups (broad SMARTS) is 1. The van der Waals surface area contributed by atoms with Crippen LogP contribution in [-0.4, -0.2) is 23.1 Å². The highest BCUT2D eigenvalue weighted by Gasteiger charge is 2.36. The largest absolute Gasteiger partial charge is 0.478 e. The molecule has 0 spiro atoms. The lowest BCUT2D eigenvalue weighted by Crippen LogP contribution is -2.32. The molecule has 2 atom stereocenters. The van der Waals surface area contributed by atoms with Gasteiger partial charge in [0.05, 0.1) is 11.3 Å². The third-order valence-electron chi connectivity index (χ3n) is 3.22. The molecule has 1 fully saturated rings. The Morgan fingerprint density at radius 2 is 2.21 bits per heavy atom. The van der Waals surface area contributed by atoms with Crippen molar-refractivity contribution in [1.82, 2.24) is 5.32 Å². The van der Waals surface area contributed by atoms with Gasteiger partial charge in [0, 0.05) is 9.61 Å². The third-order valence-corrected chi connectivity index (χ3v) is 3.89. The van der Waals surface area contributed by atoms with Crippen molar-refractivity contribution < 1.29 is 14.7 Å². The molecule has 0 saturated heterocycles. The molecule has 1 aliphatic rings. The molecule has 1 aliphatic carbocycles. The van der Waals surface area contributed by atoms with Crippen LogP contribution in [0.4, 0.5) is 10.5 Å². The molecule has 0 heterocycles. The van der Waals surface area contributed by atoms with E-state index in [1.807, 2.05) is 22.6 Å². The van der Waals surface area contributed by atoms with Crippen molar-refractivity contribution in [2.75, 3.05) is 5.32 Å². The van der Waals surface area contributed by atoms with E-state index < -0.39 is 5.97 Å². The van der Waals surface area contributed by atoms with E-state index in [0.29, 0.717) is 11.6 Å². The van der Waals surface area contributed by atoms with Gasteiger partial charge >= 0.3 is 12.0 Å². The van der Waals surface area contributed by atoms with Crippen molar-refractivity contribution in [2.45, 2.75) is 25.8 Å². The second kappa shape index (κ2) is 5.77. The topological polar surface area (TPSA) is 78.4 Å². The molecule has 1 saturated carbocycles. The zero-order chi connectivity index (χ0) is 14.0. The number of amides is 2. The van der Waals surface area contributed by atoms with Gasteiger partial charge < -0.3 is 15.7 Å². The molecule has 0 radical (unpaired) electrons. The number of benzene rings is 1. The fourth-order valence-electron chi connectivity index (χ4n) is 2.00. The summed E-state index contributed by atoms with van der Waals surface area (Å²) < 4.78 is 0.814. The van der Waals surface area contributed by atoms with Crippen LogP contribution in [0, 0.1) is 9.49 Å². The number of hydrogen-bond acceptors (Lipinski definition) is 2. The lowest BCUT2D eigenvalue weighted by molar-refractivity contribution is 0.0698. The molecule has 0 bridgehead atoms. The van der Waals surface area contributed by atoms with Gasteiger partial charge in [0.1, 0.15) is 0 Å². The van der Waals surface area contributed by atoms with Crippen molar-refractivity contribution in [2.24, 2.45) is 5.92 Å². The van der Waals surface area contributed by atoms with Crippen LogP contribution in [0.3, 0.4) is 0 Å². The van der Waals surface area contributed by atoms with Crippen molar-refractivity contribution in [3.05, 3.63) is 27.3 Å². The number of carbonyl (C=O) groups excluding carboxylic acids is 1. The monoisotopic (exact) mass is 374 g/mol. The molecule has 19 heavy (non-hydrogen) atoms. The Morgan fingerprint density at radius 1 is 1.47 bits per heavy atom. The fourth-order valence-corrected chi connectivity index (χ4v) is 2.50. The Kier molecular flexibility index (Phi) is 4.28. The molecule has 2 amide bonds. The lowest BCUT2D eigenvalue weighted by Gasteiger charge is -2.10. The first-order valence-corrected chi connectivity index (χ1v) is 7.19. The van der Waals surface area contributed by atoms with Gasteiger partial charge in [0.2, 0.25) is 0 Å². The lowest BCUT2D eigenvalue weighted by atomic mass is 10.2. The zero-order valence-corrected chi connectivity index (χ0v) is 12.6. The van der Waals surface area contributed by atoms with Gasteiger partial charge in [-0.2, -0.15) is 0 Å². The number of carbonyl (C=O) groups is 2. The molecule has 2 unspecified atom stereocenters. The van der Waals surface area contributed by atoms with Crippen LogP contribution in [0.15, 0.2) is 18.2 Å². The van der Waals surface area contributed by atoms with E-state index in [1.165, 1.54) is 6.07 Å². The van der Waals surface area contributed by atoms with E-state index >= 15 is 0 Å². The molecule has 3 N–H and O–H groups in total. The molecule has 1 aromatic carbocycles. The van der Waals surface area contributed by atoms with Gasteiger partial charge in [0.25, 0.3) is 0 Å². The standard InChI is InChI=1S/C13H15IN2O3/c1-2-7-5-11(7)16-13(19)15-10-4-3-8(14)6-9(10)12(17)18/h3-4,6-7,11H,2,5H2,1H3,(H,17,18)(H2,15,16,19). The van der Waals surface area contributed by atoms with Crippen molar-refractivity contribution in [1.29, 1.82) is 0 Å². The summed E-state index contributed by atoms with van der Waals surface area (Å²) in [6.45, 7) is 2.09. The van der Waals surface area contributed by atoms with Crippen LogP contribution < -0.4 is 10.6 Å². The van der Waals surface area contributed by atoms with Crippen LogP contribution in [0.2, 0.25) is 0 Å². The Morgan fingerprint density at radius 3 is 2.79 bits per heavy atom. The van der Waals surface area contributed by atoms with E-state index in [1.54, 1.807) is 12.1 Å². The summed E-state index contributed by atoms with van der Waals surface area (Å²) in [5.41, 5.74) is 0.420. The average molecular weight is 374 g/mol. The molecule has 0 aromatic heterocycles. The maximum absolute atomic E-state index is 11.8. The first-order chi connectivity index (χ1) is 9.01. The number of carboxylic acids is 1. The van der Waals surface area contributed by atoms with Gasteiger partial charge in [-0.1, -0.05) is 13.3 Å². The van der Waals surface area contributed by atoms with E-state index in [2.05, 4.69) is 17.6 Å². The minimum absolute atomic E-state index is 0.102. The summed E-state index contributed by atoms with van der Waals surface area (Å²) in [6, 6.07) is 4.78. The number of hydrogen-bond donors (Lipinski definition) is 3. The number of urea groups is 1. The number of anilines is 1. The van der Waals surface area contributed by atoms with E-state index in [0.717, 1.165) is 16.4 Å². The van der Waals surface area contributed by atoms with Gasteiger partial charge in [-0.25, -0.2) is 9.59 Å². The van der Waals surface area contributed by atoms with Crippen LogP contribution in [0.25, 0.3) is 0 Å². The maximum atomic E-state index is 11.8. The maximum Gasteiger partial charge on any atom is 0.337 e. The second-order valence-electron chi connectivity index (χ2n) is 4.60. The van der Waals surface area contributed by atoms with Gasteiger partial charge in [0.15, 0.2) is 0 Å². The number of nitrogens with one attached hydrogen (secondary N) is 2. The predicted molar refractivity (Wildman–Crippen MR) is 80.5 cm³/mol. The summed E-state index contributed by atoms with van der Waals surface area (Å²) in [5, 5.41) is 14.5. The Bertz CT molecular complexity index is 519. The van der Waals surface area contributed by atoms with E-state index in [4.69, 9.17) is 5.11 Å². The van der Waals surface area contributed by atoms with E-state index in [9.17, 15) is 9.59 Å².